The minimum Gasteiger partial charge on any atom is -0.378 e. The van der Waals surface area contributed by atoms with Gasteiger partial charge in [-0.05, 0) is 25.3 Å². The number of carbonyl (C=O) groups is 1. The maximum absolute atomic E-state index is 12.7. The van der Waals surface area contributed by atoms with E-state index in [-0.39, 0.29) is 11.9 Å². The molecule has 2 N–H and O–H groups in total. The van der Waals surface area contributed by atoms with E-state index in [9.17, 15) is 9.90 Å². The lowest BCUT2D eigenvalue weighted by atomic mass is 10.1. The molecule has 4 rings (SSSR count). The fraction of sp³-hybridized carbons (Fsp3) is 0.400. The second-order valence-electron chi connectivity index (χ2n) is 7.18. The number of aromatic nitrogens is 3. The van der Waals surface area contributed by atoms with Crippen LogP contribution in [-0.4, -0.2) is 50.0 Å². The highest BCUT2D eigenvalue weighted by molar-refractivity contribution is 5.82. The second-order valence-corrected chi connectivity index (χ2v) is 7.18. The van der Waals surface area contributed by atoms with Crippen molar-refractivity contribution in [2.24, 2.45) is 0 Å². The van der Waals surface area contributed by atoms with Crippen LogP contribution in [0.1, 0.15) is 29.9 Å². The summed E-state index contributed by atoms with van der Waals surface area (Å²) < 4.78 is 9.93. The number of nitrogens with zero attached hydrogens (tertiary/aromatic N) is 4. The minimum absolute atomic E-state index is 0.0856. The van der Waals surface area contributed by atoms with Gasteiger partial charge >= 0.3 is 0 Å². The van der Waals surface area contributed by atoms with Crippen molar-refractivity contribution in [2.75, 3.05) is 6.54 Å². The Bertz CT molecular complexity index is 938. The van der Waals surface area contributed by atoms with Crippen molar-refractivity contribution in [2.45, 2.75) is 45.0 Å². The van der Waals surface area contributed by atoms with Crippen molar-refractivity contribution in [3.63, 3.8) is 0 Å². The molecule has 1 saturated heterocycles. The number of rotatable bonds is 7. The van der Waals surface area contributed by atoms with Crippen LogP contribution >= 0.6 is 0 Å². The van der Waals surface area contributed by atoms with Gasteiger partial charge in [-0.3, -0.25) is 9.69 Å². The molecule has 0 saturated carbocycles. The standard InChI is InChI=1S/C20H23N5O4/c1-13-9-16(29-23-13)10-18(26)25-8-2-3-17(25)20(27)21-11-14-4-6-15(7-5-14)19-22-12-28-24-19/h4-7,9,12,17-18,26H,2-3,8,10-11H2,1H3,(H,21,27)/t17-,18?/m0/s1. The zero-order valence-electron chi connectivity index (χ0n) is 16.1. The Morgan fingerprint density at radius 1 is 1.34 bits per heavy atom. The van der Waals surface area contributed by atoms with Gasteiger partial charge in [-0.15, -0.1) is 0 Å². The highest BCUT2D eigenvalue weighted by Gasteiger charge is 2.35. The maximum Gasteiger partial charge on any atom is 0.237 e. The quantitative estimate of drug-likeness (QED) is 0.618. The van der Waals surface area contributed by atoms with E-state index in [1.807, 2.05) is 36.1 Å². The number of aliphatic hydroxyl groups excluding tert-OH is 1. The van der Waals surface area contributed by atoms with E-state index in [0.29, 0.717) is 31.1 Å². The van der Waals surface area contributed by atoms with Crippen molar-refractivity contribution < 1.29 is 18.9 Å². The van der Waals surface area contributed by atoms with Crippen molar-refractivity contribution in [1.29, 1.82) is 0 Å². The molecule has 0 bridgehead atoms. The van der Waals surface area contributed by atoms with E-state index in [1.165, 1.54) is 6.39 Å². The lowest BCUT2D eigenvalue weighted by Gasteiger charge is -2.28. The molecule has 29 heavy (non-hydrogen) atoms. The topological polar surface area (TPSA) is 118 Å². The van der Waals surface area contributed by atoms with E-state index in [4.69, 9.17) is 9.05 Å². The average molecular weight is 397 g/mol. The van der Waals surface area contributed by atoms with Crippen LogP contribution < -0.4 is 5.32 Å². The fourth-order valence-electron chi connectivity index (χ4n) is 3.61. The third kappa shape index (κ3) is 4.52. The lowest BCUT2D eigenvalue weighted by molar-refractivity contribution is -0.129. The van der Waals surface area contributed by atoms with Gasteiger partial charge in [0.25, 0.3) is 0 Å². The first kappa shape index (κ1) is 19.3. The summed E-state index contributed by atoms with van der Waals surface area (Å²) in [5.41, 5.74) is 2.59. The van der Waals surface area contributed by atoms with Gasteiger partial charge in [0.1, 0.15) is 12.0 Å². The predicted octanol–water partition coefficient (Wildman–Crippen LogP) is 1.67. The Morgan fingerprint density at radius 2 is 2.17 bits per heavy atom. The highest BCUT2D eigenvalue weighted by atomic mass is 16.5. The van der Waals surface area contributed by atoms with Gasteiger partial charge in [-0.2, -0.15) is 4.98 Å². The zero-order chi connectivity index (χ0) is 20.2. The normalized spacial score (nSPS) is 18.1. The molecule has 0 aliphatic carbocycles. The molecule has 9 nitrogen and oxygen atoms in total. The molecule has 1 fully saturated rings. The van der Waals surface area contributed by atoms with Gasteiger partial charge in [-0.1, -0.05) is 34.6 Å². The van der Waals surface area contributed by atoms with Gasteiger partial charge in [0.15, 0.2) is 0 Å². The van der Waals surface area contributed by atoms with E-state index < -0.39 is 6.23 Å². The number of likely N-dealkylation sites (tertiary alicyclic amines) is 1. The van der Waals surface area contributed by atoms with Crippen LogP contribution in [0, 0.1) is 6.92 Å². The number of carbonyl (C=O) groups excluding carboxylic acids is 1. The van der Waals surface area contributed by atoms with Crippen LogP contribution in [0.5, 0.6) is 0 Å². The largest absolute Gasteiger partial charge is 0.378 e. The van der Waals surface area contributed by atoms with Gasteiger partial charge in [-0.25, -0.2) is 0 Å². The van der Waals surface area contributed by atoms with Crippen molar-refractivity contribution in [1.82, 2.24) is 25.5 Å². The van der Waals surface area contributed by atoms with Crippen LogP contribution in [-0.2, 0) is 17.8 Å². The van der Waals surface area contributed by atoms with Crippen molar-refractivity contribution >= 4 is 5.91 Å². The van der Waals surface area contributed by atoms with Gasteiger partial charge in [0.2, 0.25) is 18.1 Å². The van der Waals surface area contributed by atoms with Crippen LogP contribution in [0.4, 0.5) is 0 Å². The third-order valence-electron chi connectivity index (χ3n) is 5.08. The first-order valence-corrected chi connectivity index (χ1v) is 9.59. The number of nitrogens with one attached hydrogen (secondary N) is 1. The summed E-state index contributed by atoms with van der Waals surface area (Å²) in [5, 5.41) is 21.2. The van der Waals surface area contributed by atoms with E-state index in [1.54, 1.807) is 6.07 Å². The van der Waals surface area contributed by atoms with Gasteiger partial charge in [0.05, 0.1) is 11.7 Å². The molecular weight excluding hydrogens is 374 g/mol. The summed E-state index contributed by atoms with van der Waals surface area (Å²) in [6, 6.07) is 9.05. The molecule has 1 aromatic carbocycles. The Balaban J connectivity index is 1.32. The summed E-state index contributed by atoms with van der Waals surface area (Å²) in [4.78, 5) is 18.5. The number of aliphatic hydroxyl groups is 1. The van der Waals surface area contributed by atoms with Crippen LogP contribution in [0.3, 0.4) is 0 Å². The molecule has 1 aliphatic rings. The molecule has 2 aromatic heterocycles. The molecule has 0 spiro atoms. The van der Waals surface area contributed by atoms with Gasteiger partial charge < -0.3 is 19.5 Å². The Labute approximate surface area is 167 Å². The summed E-state index contributed by atoms with van der Waals surface area (Å²) >= 11 is 0. The summed E-state index contributed by atoms with van der Waals surface area (Å²) in [5.74, 6) is 1.05. The summed E-state index contributed by atoms with van der Waals surface area (Å²) in [7, 11) is 0. The molecule has 1 aliphatic heterocycles. The number of amides is 1. The smallest absolute Gasteiger partial charge is 0.237 e. The highest BCUT2D eigenvalue weighted by Crippen LogP contribution is 2.22. The van der Waals surface area contributed by atoms with Crippen LogP contribution in [0.2, 0.25) is 0 Å². The lowest BCUT2D eigenvalue weighted by Crippen LogP contribution is -2.48. The van der Waals surface area contributed by atoms with Gasteiger partial charge in [0, 0.05) is 31.1 Å². The molecule has 9 heteroatoms. The number of hydrogen-bond acceptors (Lipinski definition) is 8. The molecule has 2 atom stereocenters. The molecule has 3 aromatic rings. The average Bonchev–Trinajstić information content (AvgIpc) is 3.48. The molecule has 3 heterocycles. The maximum atomic E-state index is 12.7. The minimum atomic E-state index is -0.783. The van der Waals surface area contributed by atoms with Crippen LogP contribution in [0.25, 0.3) is 11.4 Å². The van der Waals surface area contributed by atoms with Crippen molar-refractivity contribution in [3.8, 4) is 11.4 Å². The first-order chi connectivity index (χ1) is 14.1. The molecular formula is C20H23N5O4. The summed E-state index contributed by atoms with van der Waals surface area (Å²) in [6.07, 6.45) is 2.39. The Hall–Kier alpha value is -3.04. The Kier molecular flexibility index (Phi) is 5.68. The molecule has 1 unspecified atom stereocenters. The van der Waals surface area contributed by atoms with Crippen molar-refractivity contribution in [3.05, 3.63) is 53.7 Å². The number of benzene rings is 1. The molecule has 152 valence electrons. The predicted molar refractivity (Wildman–Crippen MR) is 102 cm³/mol. The fourth-order valence-corrected chi connectivity index (χ4v) is 3.61. The van der Waals surface area contributed by atoms with E-state index >= 15 is 0 Å². The SMILES string of the molecule is Cc1cc(CC(O)N2CCC[C@H]2C(=O)NCc2ccc(-c3ncon3)cc2)on1. The third-order valence-corrected chi connectivity index (χ3v) is 5.08. The van der Waals surface area contributed by atoms with E-state index in [0.717, 1.165) is 29.7 Å². The number of hydrogen-bond donors (Lipinski definition) is 2. The summed E-state index contributed by atoms with van der Waals surface area (Å²) in [6.45, 7) is 2.92. The molecule has 1 amide bonds. The van der Waals surface area contributed by atoms with Crippen LogP contribution in [0.15, 0.2) is 45.8 Å². The number of aryl methyl sites for hydroxylation is 1. The molecule has 0 radical (unpaired) electrons. The first-order valence-electron chi connectivity index (χ1n) is 9.59. The second kappa shape index (κ2) is 8.54. The van der Waals surface area contributed by atoms with E-state index in [2.05, 4.69) is 20.6 Å². The Morgan fingerprint density at radius 3 is 2.86 bits per heavy atom. The monoisotopic (exact) mass is 397 g/mol. The zero-order valence-corrected chi connectivity index (χ0v) is 16.1.